The van der Waals surface area contributed by atoms with Crippen LogP contribution in [0.15, 0.2) is 24.3 Å². The van der Waals surface area contributed by atoms with E-state index in [1.165, 1.54) is 0 Å². The van der Waals surface area contributed by atoms with Gasteiger partial charge in [0.05, 0.1) is 12.7 Å². The predicted octanol–water partition coefficient (Wildman–Crippen LogP) is 2.97. The Labute approximate surface area is 103 Å². The van der Waals surface area contributed by atoms with E-state index in [-0.39, 0.29) is 12.1 Å². The van der Waals surface area contributed by atoms with Gasteiger partial charge in [0.15, 0.2) is 0 Å². The molecule has 0 aliphatic carbocycles. The summed E-state index contributed by atoms with van der Waals surface area (Å²) >= 11 is 0. The van der Waals surface area contributed by atoms with E-state index in [1.54, 1.807) is 0 Å². The van der Waals surface area contributed by atoms with Crippen LogP contribution >= 0.6 is 0 Å². The van der Waals surface area contributed by atoms with Crippen LogP contribution in [0.1, 0.15) is 32.8 Å². The molecule has 1 rings (SSSR count). The Morgan fingerprint density at radius 1 is 1.35 bits per heavy atom. The summed E-state index contributed by atoms with van der Waals surface area (Å²) in [6.45, 7) is 6.24. The van der Waals surface area contributed by atoms with Crippen LogP contribution in [0, 0.1) is 0 Å². The first kappa shape index (κ1) is 13.6. The molecule has 94 valence electrons. The van der Waals surface area contributed by atoms with Gasteiger partial charge >= 0.3 is 5.97 Å². The monoisotopic (exact) mass is 236 g/mol. The Morgan fingerprint density at radius 2 is 2.12 bits per heavy atom. The third-order valence-electron chi connectivity index (χ3n) is 2.19. The maximum atomic E-state index is 11.2. The van der Waals surface area contributed by atoms with Gasteiger partial charge in [0.2, 0.25) is 0 Å². The fourth-order valence-corrected chi connectivity index (χ4v) is 1.53. The molecule has 0 radical (unpaired) electrons. The maximum Gasteiger partial charge on any atom is 0.306 e. The molecule has 0 spiro atoms. The van der Waals surface area contributed by atoms with Crippen LogP contribution in [0.4, 0.5) is 0 Å². The molecule has 0 aliphatic rings. The second-order valence-corrected chi connectivity index (χ2v) is 4.12. The van der Waals surface area contributed by atoms with Gasteiger partial charge in [-0.05, 0) is 44.9 Å². The number of aryl methyl sites for hydroxylation is 1. The molecule has 1 aromatic carbocycles. The highest BCUT2D eigenvalue weighted by atomic mass is 16.5. The second kappa shape index (κ2) is 6.94. The number of carbonyl (C=O) groups is 1. The first-order valence-electron chi connectivity index (χ1n) is 6.03. The third kappa shape index (κ3) is 5.38. The average Bonchev–Trinajstić information content (AvgIpc) is 2.26. The SMILES string of the molecule is CCOC(=O)CCc1cccc(OC(C)C)c1. The van der Waals surface area contributed by atoms with E-state index in [1.807, 2.05) is 45.0 Å². The molecule has 0 fully saturated rings. The first-order valence-corrected chi connectivity index (χ1v) is 6.03. The van der Waals surface area contributed by atoms with Crippen molar-refractivity contribution < 1.29 is 14.3 Å². The number of rotatable bonds is 6. The Hall–Kier alpha value is -1.51. The lowest BCUT2D eigenvalue weighted by molar-refractivity contribution is -0.143. The summed E-state index contributed by atoms with van der Waals surface area (Å²) in [5.74, 6) is 0.698. The molecule has 0 N–H and O–H groups in total. The van der Waals surface area contributed by atoms with E-state index >= 15 is 0 Å². The fourth-order valence-electron chi connectivity index (χ4n) is 1.53. The minimum absolute atomic E-state index is 0.150. The molecule has 0 aromatic heterocycles. The van der Waals surface area contributed by atoms with Crippen molar-refractivity contribution in [2.45, 2.75) is 39.7 Å². The van der Waals surface area contributed by atoms with Gasteiger partial charge in [-0.2, -0.15) is 0 Å². The highest BCUT2D eigenvalue weighted by Gasteiger charge is 2.04. The minimum atomic E-state index is -0.150. The summed E-state index contributed by atoms with van der Waals surface area (Å²) in [4.78, 5) is 11.2. The number of hydrogen-bond acceptors (Lipinski definition) is 3. The highest BCUT2D eigenvalue weighted by molar-refractivity contribution is 5.69. The number of carbonyl (C=O) groups excluding carboxylic acids is 1. The topological polar surface area (TPSA) is 35.5 Å². The molecule has 0 aliphatic heterocycles. The molecule has 0 saturated heterocycles. The van der Waals surface area contributed by atoms with Gasteiger partial charge in [0, 0.05) is 6.42 Å². The molecular weight excluding hydrogens is 216 g/mol. The van der Waals surface area contributed by atoms with Crippen LogP contribution in [-0.2, 0) is 16.0 Å². The molecule has 1 aromatic rings. The van der Waals surface area contributed by atoms with Crippen LogP contribution in [0.5, 0.6) is 5.75 Å². The van der Waals surface area contributed by atoms with E-state index in [2.05, 4.69) is 0 Å². The zero-order valence-corrected chi connectivity index (χ0v) is 10.7. The molecular formula is C14H20O3. The molecule has 0 amide bonds. The number of benzene rings is 1. The lowest BCUT2D eigenvalue weighted by Gasteiger charge is -2.10. The van der Waals surface area contributed by atoms with E-state index in [4.69, 9.17) is 9.47 Å². The van der Waals surface area contributed by atoms with Crippen molar-refractivity contribution in [3.63, 3.8) is 0 Å². The van der Waals surface area contributed by atoms with Crippen molar-refractivity contribution in [1.29, 1.82) is 0 Å². The van der Waals surface area contributed by atoms with Crippen molar-refractivity contribution in [3.05, 3.63) is 29.8 Å². The zero-order valence-electron chi connectivity index (χ0n) is 10.7. The Kier molecular flexibility index (Phi) is 5.53. The molecule has 0 bridgehead atoms. The molecule has 0 unspecified atom stereocenters. The minimum Gasteiger partial charge on any atom is -0.491 e. The predicted molar refractivity (Wildman–Crippen MR) is 67.2 cm³/mol. The van der Waals surface area contributed by atoms with Crippen molar-refractivity contribution in [2.24, 2.45) is 0 Å². The van der Waals surface area contributed by atoms with Gasteiger partial charge in [0.1, 0.15) is 5.75 Å². The largest absolute Gasteiger partial charge is 0.491 e. The summed E-state index contributed by atoms with van der Waals surface area (Å²) in [5, 5.41) is 0. The lowest BCUT2D eigenvalue weighted by atomic mass is 10.1. The summed E-state index contributed by atoms with van der Waals surface area (Å²) in [5.41, 5.74) is 1.09. The van der Waals surface area contributed by atoms with E-state index in [9.17, 15) is 4.79 Å². The smallest absolute Gasteiger partial charge is 0.306 e. The average molecular weight is 236 g/mol. The standard InChI is InChI=1S/C14H20O3/c1-4-16-14(15)9-8-12-6-5-7-13(10-12)17-11(2)3/h5-7,10-11H,4,8-9H2,1-3H3. The molecule has 3 heteroatoms. The van der Waals surface area contributed by atoms with Crippen LogP contribution in [-0.4, -0.2) is 18.7 Å². The number of hydrogen-bond donors (Lipinski definition) is 0. The van der Waals surface area contributed by atoms with Crippen molar-refractivity contribution >= 4 is 5.97 Å². The van der Waals surface area contributed by atoms with Gasteiger partial charge in [-0.3, -0.25) is 4.79 Å². The van der Waals surface area contributed by atoms with Crippen LogP contribution in [0.3, 0.4) is 0 Å². The molecule has 0 heterocycles. The zero-order chi connectivity index (χ0) is 12.7. The Morgan fingerprint density at radius 3 is 2.76 bits per heavy atom. The van der Waals surface area contributed by atoms with E-state index in [0.717, 1.165) is 11.3 Å². The van der Waals surface area contributed by atoms with Crippen LogP contribution in [0.2, 0.25) is 0 Å². The molecule has 0 atom stereocenters. The van der Waals surface area contributed by atoms with E-state index < -0.39 is 0 Å². The number of esters is 1. The third-order valence-corrected chi connectivity index (χ3v) is 2.19. The number of ether oxygens (including phenoxy) is 2. The summed E-state index contributed by atoms with van der Waals surface area (Å²) in [6, 6.07) is 7.83. The van der Waals surface area contributed by atoms with Gasteiger partial charge < -0.3 is 9.47 Å². The quantitative estimate of drug-likeness (QED) is 0.712. The van der Waals surface area contributed by atoms with Gasteiger partial charge in [-0.25, -0.2) is 0 Å². The van der Waals surface area contributed by atoms with Crippen molar-refractivity contribution in [3.8, 4) is 5.75 Å². The lowest BCUT2D eigenvalue weighted by Crippen LogP contribution is -2.07. The van der Waals surface area contributed by atoms with Gasteiger partial charge in [-0.1, -0.05) is 12.1 Å². The van der Waals surface area contributed by atoms with Crippen molar-refractivity contribution in [1.82, 2.24) is 0 Å². The molecule has 3 nitrogen and oxygen atoms in total. The van der Waals surface area contributed by atoms with E-state index in [0.29, 0.717) is 19.4 Å². The second-order valence-electron chi connectivity index (χ2n) is 4.12. The van der Waals surface area contributed by atoms with Crippen LogP contribution in [0.25, 0.3) is 0 Å². The molecule has 0 saturated carbocycles. The Bertz CT molecular complexity index is 358. The summed E-state index contributed by atoms with van der Waals surface area (Å²) < 4.78 is 10.5. The summed E-state index contributed by atoms with van der Waals surface area (Å²) in [6.07, 6.45) is 1.27. The summed E-state index contributed by atoms with van der Waals surface area (Å²) in [7, 11) is 0. The maximum absolute atomic E-state index is 11.2. The van der Waals surface area contributed by atoms with Gasteiger partial charge in [-0.15, -0.1) is 0 Å². The normalized spacial score (nSPS) is 10.4. The first-order chi connectivity index (χ1) is 8.11. The van der Waals surface area contributed by atoms with Crippen molar-refractivity contribution in [2.75, 3.05) is 6.61 Å². The fraction of sp³-hybridized carbons (Fsp3) is 0.500. The highest BCUT2D eigenvalue weighted by Crippen LogP contribution is 2.16. The van der Waals surface area contributed by atoms with Crippen LogP contribution < -0.4 is 4.74 Å². The Balaban J connectivity index is 2.51. The molecule has 17 heavy (non-hydrogen) atoms. The van der Waals surface area contributed by atoms with Gasteiger partial charge in [0.25, 0.3) is 0 Å².